The minimum absolute atomic E-state index is 0.654. The van der Waals surface area contributed by atoms with Gasteiger partial charge in [-0.15, -0.1) is 6.42 Å². The largest absolute Gasteiger partial charge is 0.244 e. The van der Waals surface area contributed by atoms with Gasteiger partial charge in [-0.1, -0.05) is 5.92 Å². The fourth-order valence-electron chi connectivity index (χ4n) is 0.726. The van der Waals surface area contributed by atoms with Crippen molar-refractivity contribution in [2.75, 3.05) is 0 Å². The highest BCUT2D eigenvalue weighted by atomic mass is 15.1. The van der Waals surface area contributed by atoms with Gasteiger partial charge in [0.25, 0.3) is 0 Å². The molecule has 0 atom stereocenters. The first-order chi connectivity index (χ1) is 6.74. The van der Waals surface area contributed by atoms with Gasteiger partial charge in [-0.25, -0.2) is 14.5 Å². The maximum absolute atomic E-state index is 7.48. The maximum Gasteiger partial charge on any atom is 0.244 e. The summed E-state index contributed by atoms with van der Waals surface area (Å²) in [7, 11) is 1.97. The second-order valence-corrected chi connectivity index (χ2v) is 2.30. The Morgan fingerprint density at radius 1 is 1.50 bits per heavy atom. The van der Waals surface area contributed by atoms with Crippen LogP contribution in [-0.2, 0) is 13.6 Å². The Morgan fingerprint density at radius 2 is 2.14 bits per heavy atom. The number of nitrogens with zero attached hydrogens (tertiary/aromatic N) is 4. The molecule has 1 heterocycles. The molecule has 0 amide bonds. The highest BCUT2D eigenvalue weighted by Crippen LogP contribution is 1.79. The van der Waals surface area contributed by atoms with E-state index in [1.165, 1.54) is 12.4 Å². The Labute approximate surface area is 82.8 Å². The topological polar surface area (TPSA) is 68.4 Å². The van der Waals surface area contributed by atoms with Crippen LogP contribution in [-0.4, -0.2) is 4.57 Å². The lowest BCUT2D eigenvalue weighted by Gasteiger charge is -1.81. The standard InChI is InChI=1S/C7H9N2.C2HN3/c1-3-4-9-6-5-8(2)7-9;3-1-5-2-4/h1,5-7H,4H2,2H3;5H/q+1;. The highest BCUT2D eigenvalue weighted by Gasteiger charge is 1.93. The zero-order chi connectivity index (χ0) is 10.8. The van der Waals surface area contributed by atoms with E-state index in [2.05, 4.69) is 5.92 Å². The van der Waals surface area contributed by atoms with Crippen LogP contribution < -0.4 is 9.88 Å². The summed E-state index contributed by atoms with van der Waals surface area (Å²) < 4.78 is 3.90. The Hall–Kier alpha value is -2.45. The summed E-state index contributed by atoms with van der Waals surface area (Å²) in [5.74, 6) is 2.55. The van der Waals surface area contributed by atoms with Crippen molar-refractivity contribution >= 4 is 0 Å². The van der Waals surface area contributed by atoms with E-state index in [9.17, 15) is 0 Å². The highest BCUT2D eigenvalue weighted by molar-refractivity contribution is 4.85. The van der Waals surface area contributed by atoms with E-state index in [-0.39, 0.29) is 0 Å². The van der Waals surface area contributed by atoms with Crippen LogP contribution in [0.4, 0.5) is 0 Å². The Morgan fingerprint density at radius 3 is 2.43 bits per heavy atom. The molecule has 0 spiro atoms. The molecule has 5 heteroatoms. The van der Waals surface area contributed by atoms with Gasteiger partial charge in [0.15, 0.2) is 18.9 Å². The average Bonchev–Trinajstić information content (AvgIpc) is 2.55. The minimum Gasteiger partial charge on any atom is -0.240 e. The molecule has 14 heavy (non-hydrogen) atoms. The lowest BCUT2D eigenvalue weighted by Crippen LogP contribution is -2.23. The molecule has 0 bridgehead atoms. The smallest absolute Gasteiger partial charge is 0.240 e. The van der Waals surface area contributed by atoms with Gasteiger partial charge in [-0.05, 0) is 0 Å². The summed E-state index contributed by atoms with van der Waals surface area (Å²) in [6.45, 7) is 0.654. The lowest BCUT2D eigenvalue weighted by atomic mass is 10.6. The molecule has 0 aliphatic heterocycles. The molecule has 0 radical (unpaired) electrons. The van der Waals surface area contributed by atoms with Crippen molar-refractivity contribution in [2.24, 2.45) is 7.05 Å². The van der Waals surface area contributed by atoms with Crippen LogP contribution in [0.25, 0.3) is 0 Å². The number of aryl methyl sites for hydroxylation is 1. The molecule has 1 aromatic heterocycles. The van der Waals surface area contributed by atoms with E-state index in [4.69, 9.17) is 16.9 Å². The predicted octanol–water partition coefficient (Wildman–Crippen LogP) is -0.516. The third-order valence-electron chi connectivity index (χ3n) is 1.21. The zero-order valence-corrected chi connectivity index (χ0v) is 7.81. The molecule has 70 valence electrons. The minimum atomic E-state index is 0.654. The molecule has 1 N–H and O–H groups in total. The fourth-order valence-corrected chi connectivity index (χ4v) is 0.726. The number of imidazole rings is 1. The van der Waals surface area contributed by atoms with Crippen molar-refractivity contribution in [3.63, 3.8) is 0 Å². The van der Waals surface area contributed by atoms with Crippen LogP contribution in [0, 0.1) is 35.3 Å². The van der Waals surface area contributed by atoms with Crippen LogP contribution >= 0.6 is 0 Å². The normalized spacial score (nSPS) is 7.00. The second-order valence-electron chi connectivity index (χ2n) is 2.30. The number of rotatable bonds is 1. The summed E-state index contributed by atoms with van der Waals surface area (Å²) in [6.07, 6.45) is 13.7. The van der Waals surface area contributed by atoms with Gasteiger partial charge in [0.2, 0.25) is 6.33 Å². The zero-order valence-electron chi connectivity index (χ0n) is 7.81. The van der Waals surface area contributed by atoms with Crippen molar-refractivity contribution in [2.45, 2.75) is 6.54 Å². The summed E-state index contributed by atoms with van der Waals surface area (Å²) >= 11 is 0. The van der Waals surface area contributed by atoms with Crippen LogP contribution in [0.2, 0.25) is 0 Å². The molecule has 1 aromatic rings. The molecule has 0 aromatic carbocycles. The molecule has 0 unspecified atom stereocenters. The van der Waals surface area contributed by atoms with E-state index in [0.717, 1.165) is 0 Å². The number of nitriles is 2. The van der Waals surface area contributed by atoms with Gasteiger partial charge < -0.3 is 0 Å². The third kappa shape index (κ3) is 5.23. The number of aromatic nitrogens is 2. The van der Waals surface area contributed by atoms with Crippen LogP contribution in [0.5, 0.6) is 0 Å². The van der Waals surface area contributed by atoms with Crippen molar-refractivity contribution < 1.29 is 4.57 Å². The lowest BCUT2D eigenvalue weighted by molar-refractivity contribution is -0.671. The predicted molar refractivity (Wildman–Crippen MR) is 48.8 cm³/mol. The molecule has 5 nitrogen and oxygen atoms in total. The van der Waals surface area contributed by atoms with Gasteiger partial charge in [-0.3, -0.25) is 0 Å². The number of hydrogen-bond acceptors (Lipinski definition) is 3. The molecular weight excluding hydrogens is 178 g/mol. The molecule has 0 fully saturated rings. The van der Waals surface area contributed by atoms with Crippen molar-refractivity contribution in [3.05, 3.63) is 18.7 Å². The van der Waals surface area contributed by atoms with Gasteiger partial charge in [-0.2, -0.15) is 10.5 Å². The monoisotopic (exact) mass is 188 g/mol. The second kappa shape index (κ2) is 7.21. The van der Waals surface area contributed by atoms with E-state index >= 15 is 0 Å². The van der Waals surface area contributed by atoms with Crippen LogP contribution in [0.3, 0.4) is 0 Å². The van der Waals surface area contributed by atoms with Crippen molar-refractivity contribution in [3.8, 4) is 24.7 Å². The number of nitrogens with one attached hydrogen (secondary N) is 1. The van der Waals surface area contributed by atoms with Gasteiger partial charge in [0, 0.05) is 0 Å². The molecule has 0 saturated heterocycles. The Balaban J connectivity index is 0.000000292. The third-order valence-corrected chi connectivity index (χ3v) is 1.21. The molecular formula is C9H10N5+. The first-order valence-electron chi connectivity index (χ1n) is 3.72. The Kier molecular flexibility index (Phi) is 5.95. The summed E-state index contributed by atoms with van der Waals surface area (Å²) in [6, 6.07) is 0. The van der Waals surface area contributed by atoms with Crippen molar-refractivity contribution in [1.82, 2.24) is 9.88 Å². The molecule has 0 aliphatic rings. The average molecular weight is 188 g/mol. The summed E-state index contributed by atoms with van der Waals surface area (Å²) in [5, 5.41) is 16.7. The quantitative estimate of drug-likeness (QED) is 0.279. The van der Waals surface area contributed by atoms with Gasteiger partial charge >= 0.3 is 0 Å². The molecule has 1 rings (SSSR count). The fraction of sp³-hybridized carbons (Fsp3) is 0.222. The van der Waals surface area contributed by atoms with E-state index < -0.39 is 0 Å². The van der Waals surface area contributed by atoms with Crippen molar-refractivity contribution in [1.29, 1.82) is 10.5 Å². The molecule has 0 aliphatic carbocycles. The first-order valence-corrected chi connectivity index (χ1v) is 3.72. The van der Waals surface area contributed by atoms with Gasteiger partial charge in [0.1, 0.15) is 12.4 Å². The Bertz CT molecular complexity index is 373. The van der Waals surface area contributed by atoms with Crippen LogP contribution in [0.15, 0.2) is 18.7 Å². The summed E-state index contributed by atoms with van der Waals surface area (Å²) in [4.78, 5) is 0. The van der Waals surface area contributed by atoms with Gasteiger partial charge in [0.05, 0.1) is 7.05 Å². The number of hydrogen-bond donors (Lipinski definition) is 1. The molecule has 0 saturated carbocycles. The number of terminal acetylenes is 1. The first kappa shape index (κ1) is 11.6. The van der Waals surface area contributed by atoms with E-state index in [0.29, 0.717) is 6.54 Å². The summed E-state index contributed by atoms with van der Waals surface area (Å²) in [5.41, 5.74) is 0. The SMILES string of the molecule is C#CCn1cc[n+](C)c1.N#CNC#N. The van der Waals surface area contributed by atoms with E-state index in [1.54, 1.807) is 5.32 Å². The maximum atomic E-state index is 7.48. The van der Waals surface area contributed by atoms with Crippen LogP contribution in [0.1, 0.15) is 0 Å². The van der Waals surface area contributed by atoms with E-state index in [1.807, 2.05) is 34.9 Å².